The molecule has 3 rings (SSSR count). The second kappa shape index (κ2) is 8.42. The molecule has 12 heteroatoms. The fraction of sp³-hybridized carbons (Fsp3) is 0.368. The Labute approximate surface area is 176 Å². The van der Waals surface area contributed by atoms with E-state index in [4.69, 9.17) is 18.9 Å². The minimum absolute atomic E-state index is 0.202. The van der Waals surface area contributed by atoms with Crippen molar-refractivity contribution in [3.8, 4) is 0 Å². The largest absolute Gasteiger partial charge is 0.469 e. The van der Waals surface area contributed by atoms with Crippen LogP contribution in [0.3, 0.4) is 0 Å². The third-order valence-corrected chi connectivity index (χ3v) is 4.88. The van der Waals surface area contributed by atoms with Gasteiger partial charge in [0.1, 0.15) is 28.6 Å². The van der Waals surface area contributed by atoms with Gasteiger partial charge in [0.2, 0.25) is 0 Å². The molecule has 1 aliphatic rings. The van der Waals surface area contributed by atoms with Gasteiger partial charge >= 0.3 is 23.9 Å². The van der Waals surface area contributed by atoms with E-state index in [-0.39, 0.29) is 22.5 Å². The number of hydrogen-bond acceptors (Lipinski definition) is 11. The molecule has 2 atom stereocenters. The summed E-state index contributed by atoms with van der Waals surface area (Å²) in [5.41, 5.74) is 0.309. The van der Waals surface area contributed by atoms with Crippen LogP contribution in [0.5, 0.6) is 0 Å². The van der Waals surface area contributed by atoms with Gasteiger partial charge in [-0.25, -0.2) is 9.59 Å². The molecule has 2 heterocycles. The number of esters is 4. The smallest absolute Gasteiger partial charge is 0.355 e. The molecular formula is C19H20N4O8. The van der Waals surface area contributed by atoms with Crippen molar-refractivity contribution < 1.29 is 38.1 Å². The fourth-order valence-electron chi connectivity index (χ4n) is 3.58. The van der Waals surface area contributed by atoms with Gasteiger partial charge in [-0.15, -0.1) is 0 Å². The highest BCUT2D eigenvalue weighted by atomic mass is 16.5. The number of rotatable bonds is 4. The summed E-state index contributed by atoms with van der Waals surface area (Å²) >= 11 is 0. The molecule has 2 aromatic rings. The maximum absolute atomic E-state index is 13.0. The second-order valence-corrected chi connectivity index (χ2v) is 6.48. The summed E-state index contributed by atoms with van der Waals surface area (Å²) in [6.45, 7) is 0. The number of carbonyl (C=O) groups excluding carboxylic acids is 4. The highest BCUT2D eigenvalue weighted by Gasteiger charge is 2.48. The van der Waals surface area contributed by atoms with E-state index < -0.39 is 41.3 Å². The van der Waals surface area contributed by atoms with E-state index in [1.165, 1.54) is 4.80 Å². The number of hydrogen-bond donors (Lipinski definition) is 1. The van der Waals surface area contributed by atoms with Gasteiger partial charge in [-0.2, -0.15) is 15.0 Å². The molecule has 1 aliphatic heterocycles. The van der Waals surface area contributed by atoms with Crippen molar-refractivity contribution in [3.63, 3.8) is 0 Å². The molecule has 0 saturated heterocycles. The molecule has 2 unspecified atom stereocenters. The first-order valence-electron chi connectivity index (χ1n) is 8.96. The van der Waals surface area contributed by atoms with Gasteiger partial charge in [0, 0.05) is 18.3 Å². The molecular weight excluding hydrogens is 412 g/mol. The molecule has 31 heavy (non-hydrogen) atoms. The number of nitrogens with one attached hydrogen (secondary N) is 1. The predicted octanol–water partition coefficient (Wildman–Crippen LogP) is 0.0397. The van der Waals surface area contributed by atoms with Crippen molar-refractivity contribution in [3.05, 3.63) is 29.0 Å². The van der Waals surface area contributed by atoms with E-state index in [0.29, 0.717) is 5.52 Å². The van der Waals surface area contributed by atoms with Gasteiger partial charge in [-0.3, -0.25) is 9.59 Å². The molecule has 0 radical (unpaired) electrons. The monoisotopic (exact) mass is 432 g/mol. The lowest BCUT2D eigenvalue weighted by Crippen LogP contribution is -2.35. The van der Waals surface area contributed by atoms with Crippen LogP contribution in [0.1, 0.15) is 11.5 Å². The fourth-order valence-corrected chi connectivity index (χ4v) is 3.58. The van der Waals surface area contributed by atoms with Gasteiger partial charge < -0.3 is 24.3 Å². The topological polar surface area (TPSA) is 148 Å². The first-order chi connectivity index (χ1) is 14.8. The quantitative estimate of drug-likeness (QED) is 0.515. The average molecular weight is 432 g/mol. The Bertz CT molecular complexity index is 1120. The lowest BCUT2D eigenvalue weighted by Gasteiger charge is -2.24. The second-order valence-electron chi connectivity index (χ2n) is 6.48. The zero-order chi connectivity index (χ0) is 22.9. The molecule has 0 amide bonds. The van der Waals surface area contributed by atoms with Crippen molar-refractivity contribution in [2.24, 2.45) is 13.0 Å². The van der Waals surface area contributed by atoms with Crippen LogP contribution in [-0.2, 0) is 45.2 Å². The van der Waals surface area contributed by atoms with Crippen LogP contribution in [0.4, 0.5) is 5.69 Å². The van der Waals surface area contributed by atoms with Crippen LogP contribution < -0.4 is 5.32 Å². The molecule has 1 aromatic carbocycles. The number of nitrogens with zero attached hydrogens (tertiary/aromatic N) is 3. The number of fused-ring (bicyclic) bond motifs is 3. The third kappa shape index (κ3) is 3.56. The van der Waals surface area contributed by atoms with Gasteiger partial charge in [0.15, 0.2) is 0 Å². The maximum atomic E-state index is 13.0. The van der Waals surface area contributed by atoms with E-state index in [1.54, 1.807) is 19.2 Å². The summed E-state index contributed by atoms with van der Waals surface area (Å²) in [5.74, 6) is -6.81. The SMILES string of the molecule is COC(=O)C1=C(C(=O)OC)C(C(=O)OC)C(C(=O)OC)c2c(ccc3nn(C)nc23)N1. The predicted molar refractivity (Wildman–Crippen MR) is 103 cm³/mol. The number of carbonyl (C=O) groups is 4. The molecule has 12 nitrogen and oxygen atoms in total. The van der Waals surface area contributed by atoms with E-state index in [1.807, 2.05) is 0 Å². The first-order valence-corrected chi connectivity index (χ1v) is 8.96. The molecule has 0 spiro atoms. The van der Waals surface area contributed by atoms with Gasteiger partial charge in [-0.1, -0.05) is 0 Å². The summed E-state index contributed by atoms with van der Waals surface area (Å²) in [7, 11) is 5.98. The molecule has 0 aliphatic carbocycles. The van der Waals surface area contributed by atoms with Crippen LogP contribution in [-0.4, -0.2) is 67.3 Å². The van der Waals surface area contributed by atoms with E-state index in [9.17, 15) is 19.2 Å². The zero-order valence-corrected chi connectivity index (χ0v) is 17.4. The standard InChI is InChI=1S/C19H20N4O8/c1-23-21-9-7-6-8-10(14(9)22-23)11(16(24)28-2)12(17(25)29-3)13(18(26)30-4)15(20-8)19(27)31-5/h6-7,11-12,20H,1-5H3. The summed E-state index contributed by atoms with van der Waals surface area (Å²) in [5, 5.41) is 11.3. The van der Waals surface area contributed by atoms with E-state index >= 15 is 0 Å². The molecule has 0 saturated carbocycles. The minimum atomic E-state index is -1.60. The Morgan fingerprint density at radius 3 is 2.06 bits per heavy atom. The number of aryl methyl sites for hydroxylation is 1. The lowest BCUT2D eigenvalue weighted by atomic mass is 9.80. The number of methoxy groups -OCH3 is 4. The van der Waals surface area contributed by atoms with Gasteiger partial charge in [-0.05, 0) is 12.1 Å². The van der Waals surface area contributed by atoms with Crippen LogP contribution in [0.15, 0.2) is 23.4 Å². The summed E-state index contributed by atoms with van der Waals surface area (Å²) in [4.78, 5) is 52.5. The van der Waals surface area contributed by atoms with Crippen molar-refractivity contribution in [1.82, 2.24) is 15.0 Å². The van der Waals surface area contributed by atoms with Crippen molar-refractivity contribution in [1.29, 1.82) is 0 Å². The number of aromatic nitrogens is 3. The Hall–Kier alpha value is -3.96. The Morgan fingerprint density at radius 1 is 0.871 bits per heavy atom. The van der Waals surface area contributed by atoms with Crippen molar-refractivity contribution >= 4 is 40.6 Å². The Morgan fingerprint density at radius 2 is 1.48 bits per heavy atom. The Balaban J connectivity index is 2.47. The average Bonchev–Trinajstić information content (AvgIpc) is 3.08. The van der Waals surface area contributed by atoms with Gasteiger partial charge in [0.05, 0.1) is 34.0 Å². The molecule has 1 aromatic heterocycles. The van der Waals surface area contributed by atoms with Crippen molar-refractivity contribution in [2.45, 2.75) is 5.92 Å². The van der Waals surface area contributed by atoms with E-state index in [0.717, 1.165) is 28.4 Å². The van der Waals surface area contributed by atoms with E-state index in [2.05, 4.69) is 15.5 Å². The van der Waals surface area contributed by atoms with Crippen molar-refractivity contribution in [2.75, 3.05) is 33.8 Å². The zero-order valence-electron chi connectivity index (χ0n) is 17.4. The third-order valence-electron chi connectivity index (χ3n) is 4.88. The molecule has 0 bridgehead atoms. The minimum Gasteiger partial charge on any atom is -0.469 e. The summed E-state index contributed by atoms with van der Waals surface area (Å²) in [6, 6.07) is 3.15. The molecule has 0 fully saturated rings. The van der Waals surface area contributed by atoms with Crippen LogP contribution >= 0.6 is 0 Å². The first kappa shape index (κ1) is 21.7. The molecule has 164 valence electrons. The van der Waals surface area contributed by atoms with Crippen LogP contribution in [0.2, 0.25) is 0 Å². The maximum Gasteiger partial charge on any atom is 0.355 e. The molecule has 1 N–H and O–H groups in total. The summed E-state index contributed by atoms with van der Waals surface area (Å²) < 4.78 is 19.4. The van der Waals surface area contributed by atoms with Gasteiger partial charge in [0.25, 0.3) is 0 Å². The van der Waals surface area contributed by atoms with Crippen LogP contribution in [0.25, 0.3) is 11.0 Å². The lowest BCUT2D eigenvalue weighted by molar-refractivity contribution is -0.154. The highest BCUT2D eigenvalue weighted by Crippen LogP contribution is 2.44. The number of benzene rings is 1. The summed E-state index contributed by atoms with van der Waals surface area (Å²) in [6.07, 6.45) is 0. The number of ether oxygens (including phenoxy) is 4. The normalized spacial score (nSPS) is 17.8. The Kier molecular flexibility index (Phi) is 5.90. The highest BCUT2D eigenvalue weighted by molar-refractivity contribution is 6.09. The number of anilines is 1. The van der Waals surface area contributed by atoms with Crippen LogP contribution in [0, 0.1) is 5.92 Å².